The van der Waals surface area contributed by atoms with Gasteiger partial charge < -0.3 is 5.11 Å². The zero-order valence-corrected chi connectivity index (χ0v) is 9.27. The van der Waals surface area contributed by atoms with Crippen LogP contribution in [0.1, 0.15) is 35.1 Å². The maximum absolute atomic E-state index is 9.90. The molecule has 0 radical (unpaired) electrons. The summed E-state index contributed by atoms with van der Waals surface area (Å²) < 4.78 is 0. The van der Waals surface area contributed by atoms with E-state index in [0.717, 1.165) is 12.0 Å². The van der Waals surface area contributed by atoms with E-state index in [1.54, 1.807) is 6.07 Å². The van der Waals surface area contributed by atoms with Gasteiger partial charge in [0.1, 0.15) is 5.75 Å². The quantitative estimate of drug-likeness (QED) is 0.706. The second-order valence-corrected chi connectivity index (χ2v) is 4.44. The molecule has 1 nitrogen and oxygen atoms in total. The van der Waals surface area contributed by atoms with Crippen molar-refractivity contribution < 1.29 is 5.11 Å². The molecule has 0 saturated heterocycles. The van der Waals surface area contributed by atoms with Crippen LogP contribution in [0.25, 0.3) is 0 Å². The topological polar surface area (TPSA) is 20.2 Å². The molecule has 0 spiro atoms. The zero-order chi connectivity index (χ0) is 11.1. The van der Waals surface area contributed by atoms with Gasteiger partial charge in [-0.1, -0.05) is 43.3 Å². The fourth-order valence-electron chi connectivity index (χ4n) is 2.67. The third kappa shape index (κ3) is 1.25. The highest BCUT2D eigenvalue weighted by atomic mass is 16.3. The Morgan fingerprint density at radius 2 is 1.75 bits per heavy atom. The Morgan fingerprint density at radius 3 is 2.62 bits per heavy atom. The SMILES string of the molecule is CC1c2ccccc2Cc2c(O)cccc21. The Kier molecular flexibility index (Phi) is 2.00. The predicted octanol–water partition coefficient (Wildman–Crippen LogP) is 3.45. The van der Waals surface area contributed by atoms with E-state index in [1.165, 1.54) is 16.7 Å². The monoisotopic (exact) mass is 210 g/mol. The largest absolute Gasteiger partial charge is 0.508 e. The van der Waals surface area contributed by atoms with Gasteiger partial charge in [0, 0.05) is 17.9 Å². The lowest BCUT2D eigenvalue weighted by Gasteiger charge is -2.26. The highest BCUT2D eigenvalue weighted by Gasteiger charge is 2.23. The van der Waals surface area contributed by atoms with Gasteiger partial charge in [0.2, 0.25) is 0 Å². The third-order valence-corrected chi connectivity index (χ3v) is 3.54. The van der Waals surface area contributed by atoms with Crippen LogP contribution in [0.4, 0.5) is 0 Å². The summed E-state index contributed by atoms with van der Waals surface area (Å²) >= 11 is 0. The van der Waals surface area contributed by atoms with Crippen molar-refractivity contribution in [2.45, 2.75) is 19.3 Å². The lowest BCUT2D eigenvalue weighted by molar-refractivity contribution is 0.467. The third-order valence-electron chi connectivity index (χ3n) is 3.54. The minimum atomic E-state index is 0.382. The molecular weight excluding hydrogens is 196 g/mol. The van der Waals surface area contributed by atoms with Crippen molar-refractivity contribution in [3.63, 3.8) is 0 Å². The van der Waals surface area contributed by atoms with Crippen molar-refractivity contribution in [3.05, 3.63) is 64.7 Å². The Hall–Kier alpha value is -1.76. The zero-order valence-electron chi connectivity index (χ0n) is 9.27. The molecule has 0 amide bonds. The molecule has 0 heterocycles. The van der Waals surface area contributed by atoms with Crippen molar-refractivity contribution in [3.8, 4) is 5.75 Å². The Balaban J connectivity index is 2.22. The first-order chi connectivity index (χ1) is 7.77. The van der Waals surface area contributed by atoms with Crippen molar-refractivity contribution in [1.82, 2.24) is 0 Å². The van der Waals surface area contributed by atoms with E-state index in [9.17, 15) is 5.11 Å². The molecule has 0 aromatic heterocycles. The molecule has 1 heteroatoms. The minimum absolute atomic E-state index is 0.382. The lowest BCUT2D eigenvalue weighted by Crippen LogP contribution is -2.11. The van der Waals surface area contributed by atoms with Crippen molar-refractivity contribution in [2.75, 3.05) is 0 Å². The van der Waals surface area contributed by atoms with Gasteiger partial charge in [-0.05, 0) is 22.8 Å². The van der Waals surface area contributed by atoms with Gasteiger partial charge in [-0.3, -0.25) is 0 Å². The van der Waals surface area contributed by atoms with E-state index in [-0.39, 0.29) is 0 Å². The van der Waals surface area contributed by atoms with Gasteiger partial charge in [0.05, 0.1) is 0 Å². The van der Waals surface area contributed by atoms with Gasteiger partial charge in [-0.25, -0.2) is 0 Å². The van der Waals surface area contributed by atoms with Crippen LogP contribution < -0.4 is 0 Å². The molecule has 0 bridgehead atoms. The van der Waals surface area contributed by atoms with Crippen LogP contribution >= 0.6 is 0 Å². The summed E-state index contributed by atoms with van der Waals surface area (Å²) in [5.41, 5.74) is 5.08. The van der Waals surface area contributed by atoms with Crippen LogP contribution in [0.2, 0.25) is 0 Å². The second kappa shape index (κ2) is 3.38. The average molecular weight is 210 g/mol. The number of hydrogen-bond donors (Lipinski definition) is 1. The maximum atomic E-state index is 9.90. The fraction of sp³-hybridized carbons (Fsp3) is 0.200. The number of rotatable bonds is 0. The molecule has 1 unspecified atom stereocenters. The number of benzene rings is 2. The number of phenolic OH excluding ortho intramolecular Hbond substituents is 1. The van der Waals surface area contributed by atoms with Crippen LogP contribution in [0, 0.1) is 0 Å². The molecule has 0 fully saturated rings. The van der Waals surface area contributed by atoms with Crippen LogP contribution in [-0.4, -0.2) is 5.11 Å². The number of phenols is 1. The van der Waals surface area contributed by atoms with Gasteiger partial charge >= 0.3 is 0 Å². The Morgan fingerprint density at radius 1 is 1.00 bits per heavy atom. The van der Waals surface area contributed by atoms with E-state index in [4.69, 9.17) is 0 Å². The van der Waals surface area contributed by atoms with E-state index in [2.05, 4.69) is 37.3 Å². The van der Waals surface area contributed by atoms with E-state index >= 15 is 0 Å². The molecule has 2 aromatic rings. The Bertz CT molecular complexity index is 543. The summed E-state index contributed by atoms with van der Waals surface area (Å²) in [5.74, 6) is 0.811. The summed E-state index contributed by atoms with van der Waals surface area (Å²) in [6, 6.07) is 14.3. The molecular formula is C15H14O. The number of aromatic hydroxyl groups is 1. The van der Waals surface area contributed by atoms with Crippen LogP contribution in [0.3, 0.4) is 0 Å². The molecule has 1 aliphatic rings. The van der Waals surface area contributed by atoms with Gasteiger partial charge in [0.15, 0.2) is 0 Å². The summed E-state index contributed by atoms with van der Waals surface area (Å²) in [5, 5.41) is 9.90. The number of hydrogen-bond acceptors (Lipinski definition) is 1. The number of fused-ring (bicyclic) bond motifs is 2. The molecule has 2 aromatic carbocycles. The molecule has 1 aliphatic carbocycles. The summed E-state index contributed by atoms with van der Waals surface area (Å²) in [6.07, 6.45) is 0.850. The van der Waals surface area contributed by atoms with E-state index in [1.807, 2.05) is 6.07 Å². The maximum Gasteiger partial charge on any atom is 0.119 e. The molecule has 0 saturated carbocycles. The second-order valence-electron chi connectivity index (χ2n) is 4.44. The minimum Gasteiger partial charge on any atom is -0.508 e. The first-order valence-electron chi connectivity index (χ1n) is 5.66. The predicted molar refractivity (Wildman–Crippen MR) is 64.9 cm³/mol. The summed E-state index contributed by atoms with van der Waals surface area (Å²) in [6.45, 7) is 2.20. The van der Waals surface area contributed by atoms with Crippen LogP contribution in [-0.2, 0) is 6.42 Å². The van der Waals surface area contributed by atoms with Crippen molar-refractivity contribution in [2.24, 2.45) is 0 Å². The summed E-state index contributed by atoms with van der Waals surface area (Å²) in [4.78, 5) is 0. The molecule has 1 N–H and O–H groups in total. The molecule has 1 atom stereocenters. The van der Waals surface area contributed by atoms with Gasteiger partial charge in [-0.2, -0.15) is 0 Å². The summed E-state index contributed by atoms with van der Waals surface area (Å²) in [7, 11) is 0. The first-order valence-corrected chi connectivity index (χ1v) is 5.66. The standard InChI is InChI=1S/C15H14O/c1-10-12-6-3-2-5-11(12)9-14-13(10)7-4-8-15(14)16/h2-8,10,16H,9H2,1H3. The van der Waals surface area contributed by atoms with Crippen molar-refractivity contribution >= 4 is 0 Å². The van der Waals surface area contributed by atoms with Crippen LogP contribution in [0.15, 0.2) is 42.5 Å². The normalized spacial score (nSPS) is 17.7. The first kappa shape index (κ1) is 9.46. The Labute approximate surface area is 95.4 Å². The lowest BCUT2D eigenvalue weighted by atomic mass is 9.79. The van der Waals surface area contributed by atoms with Gasteiger partial charge in [0.25, 0.3) is 0 Å². The molecule has 3 rings (SSSR count). The molecule has 0 aliphatic heterocycles. The van der Waals surface area contributed by atoms with E-state index < -0.39 is 0 Å². The molecule has 80 valence electrons. The average Bonchev–Trinajstić information content (AvgIpc) is 2.31. The fourth-order valence-corrected chi connectivity index (χ4v) is 2.67. The highest BCUT2D eigenvalue weighted by Crippen LogP contribution is 2.39. The van der Waals surface area contributed by atoms with Gasteiger partial charge in [-0.15, -0.1) is 0 Å². The van der Waals surface area contributed by atoms with Crippen molar-refractivity contribution in [1.29, 1.82) is 0 Å². The highest BCUT2D eigenvalue weighted by molar-refractivity contribution is 5.53. The molecule has 16 heavy (non-hydrogen) atoms. The van der Waals surface area contributed by atoms with Crippen LogP contribution in [0.5, 0.6) is 5.75 Å². The van der Waals surface area contributed by atoms with E-state index in [0.29, 0.717) is 11.7 Å². The smallest absolute Gasteiger partial charge is 0.119 e.